The van der Waals surface area contributed by atoms with Crippen LogP contribution in [0.25, 0.3) is 10.2 Å². The van der Waals surface area contributed by atoms with E-state index in [0.717, 1.165) is 25.2 Å². The van der Waals surface area contributed by atoms with Crippen LogP contribution in [-0.4, -0.2) is 35.6 Å². The van der Waals surface area contributed by atoms with Crippen molar-refractivity contribution in [2.45, 2.75) is 38.8 Å². The molecule has 0 radical (unpaired) electrons. The quantitative estimate of drug-likeness (QED) is 0.915. The summed E-state index contributed by atoms with van der Waals surface area (Å²) in [6.45, 7) is 6.65. The topological polar surface area (TPSA) is 28.2 Å². The van der Waals surface area contributed by atoms with Crippen LogP contribution in [0.15, 0.2) is 24.3 Å². The maximum absolute atomic E-state index is 4.75. The molecule has 0 bridgehead atoms. The minimum absolute atomic E-state index is 0.665. The van der Waals surface area contributed by atoms with Crippen molar-refractivity contribution in [2.75, 3.05) is 19.6 Å². The summed E-state index contributed by atoms with van der Waals surface area (Å²) in [6.07, 6.45) is 4.02. The van der Waals surface area contributed by atoms with Gasteiger partial charge in [-0.05, 0) is 38.1 Å². The SMILES string of the molecule is CCN(Cc1nc2ccccc2s1)CC1CCCCN1. The van der Waals surface area contributed by atoms with E-state index in [1.165, 1.54) is 35.5 Å². The molecule has 1 atom stereocenters. The highest BCUT2D eigenvalue weighted by atomic mass is 32.1. The van der Waals surface area contributed by atoms with Crippen LogP contribution in [0.3, 0.4) is 0 Å². The van der Waals surface area contributed by atoms with Gasteiger partial charge in [-0.25, -0.2) is 4.98 Å². The van der Waals surface area contributed by atoms with E-state index in [4.69, 9.17) is 4.98 Å². The second kappa shape index (κ2) is 6.66. The minimum Gasteiger partial charge on any atom is -0.313 e. The third-order valence-electron chi connectivity index (χ3n) is 4.04. The zero-order valence-electron chi connectivity index (χ0n) is 12.1. The van der Waals surface area contributed by atoms with E-state index in [1.807, 2.05) is 11.3 Å². The van der Waals surface area contributed by atoms with Crippen LogP contribution >= 0.6 is 11.3 Å². The van der Waals surface area contributed by atoms with Gasteiger partial charge in [0.2, 0.25) is 0 Å². The van der Waals surface area contributed by atoms with Gasteiger partial charge in [0.1, 0.15) is 5.01 Å². The van der Waals surface area contributed by atoms with Gasteiger partial charge >= 0.3 is 0 Å². The van der Waals surface area contributed by atoms with E-state index in [9.17, 15) is 0 Å². The lowest BCUT2D eigenvalue weighted by molar-refractivity contribution is 0.226. The smallest absolute Gasteiger partial charge is 0.108 e. The van der Waals surface area contributed by atoms with E-state index in [-0.39, 0.29) is 0 Å². The first-order valence-electron chi connectivity index (χ1n) is 7.65. The Morgan fingerprint density at radius 1 is 1.35 bits per heavy atom. The second-order valence-corrected chi connectivity index (χ2v) is 6.67. The molecule has 2 heterocycles. The monoisotopic (exact) mass is 289 g/mol. The van der Waals surface area contributed by atoms with Crippen LogP contribution in [0, 0.1) is 0 Å². The van der Waals surface area contributed by atoms with Crippen LogP contribution in [0.5, 0.6) is 0 Å². The fraction of sp³-hybridized carbons (Fsp3) is 0.562. The van der Waals surface area contributed by atoms with Crippen LogP contribution in [0.4, 0.5) is 0 Å². The Balaban J connectivity index is 1.64. The summed E-state index contributed by atoms with van der Waals surface area (Å²) in [6, 6.07) is 9.09. The molecule has 1 fully saturated rings. The Kier molecular flexibility index (Phi) is 4.65. The van der Waals surface area contributed by atoms with Gasteiger partial charge < -0.3 is 5.32 Å². The lowest BCUT2D eigenvalue weighted by Crippen LogP contribution is -2.43. The molecule has 1 aliphatic heterocycles. The Bertz CT molecular complexity index is 512. The molecule has 1 aliphatic rings. The summed E-state index contributed by atoms with van der Waals surface area (Å²) in [7, 11) is 0. The maximum atomic E-state index is 4.75. The van der Waals surface area contributed by atoms with Crippen LogP contribution in [-0.2, 0) is 6.54 Å². The molecule has 1 aromatic carbocycles. The number of rotatable bonds is 5. The molecule has 2 aromatic rings. The molecule has 0 spiro atoms. The number of para-hydroxylation sites is 1. The van der Waals surface area contributed by atoms with Gasteiger partial charge in [0.25, 0.3) is 0 Å². The van der Waals surface area contributed by atoms with E-state index >= 15 is 0 Å². The Morgan fingerprint density at radius 3 is 3.00 bits per heavy atom. The number of aromatic nitrogens is 1. The van der Waals surface area contributed by atoms with Crippen molar-refractivity contribution >= 4 is 21.6 Å². The fourth-order valence-corrected chi connectivity index (χ4v) is 3.89. The lowest BCUT2D eigenvalue weighted by atomic mass is 10.0. The van der Waals surface area contributed by atoms with Crippen molar-refractivity contribution in [2.24, 2.45) is 0 Å². The average Bonchev–Trinajstić information content (AvgIpc) is 2.90. The largest absolute Gasteiger partial charge is 0.313 e. The fourth-order valence-electron chi connectivity index (χ4n) is 2.88. The first kappa shape index (κ1) is 14.0. The van der Waals surface area contributed by atoms with Gasteiger partial charge in [-0.2, -0.15) is 0 Å². The average molecular weight is 289 g/mol. The Labute approximate surface area is 125 Å². The van der Waals surface area contributed by atoms with Gasteiger partial charge in [0.05, 0.1) is 16.8 Å². The molecular formula is C16H23N3S. The maximum Gasteiger partial charge on any atom is 0.108 e. The summed E-state index contributed by atoms with van der Waals surface area (Å²) in [4.78, 5) is 7.26. The number of likely N-dealkylation sites (N-methyl/N-ethyl adjacent to an activating group) is 1. The second-order valence-electron chi connectivity index (χ2n) is 5.55. The van der Waals surface area contributed by atoms with E-state index in [1.54, 1.807) is 0 Å². The van der Waals surface area contributed by atoms with Gasteiger partial charge in [-0.3, -0.25) is 4.90 Å². The van der Waals surface area contributed by atoms with Crippen molar-refractivity contribution in [3.05, 3.63) is 29.3 Å². The third kappa shape index (κ3) is 3.37. The molecule has 1 saturated heterocycles. The highest BCUT2D eigenvalue weighted by Crippen LogP contribution is 2.22. The standard InChI is InChI=1S/C16H23N3S/c1-2-19(11-13-7-5-6-10-17-13)12-16-18-14-8-3-4-9-15(14)20-16/h3-4,8-9,13,17H,2,5-7,10-12H2,1H3. The minimum atomic E-state index is 0.665. The third-order valence-corrected chi connectivity index (χ3v) is 5.06. The summed E-state index contributed by atoms with van der Waals surface area (Å²) >= 11 is 1.83. The Hall–Kier alpha value is -0.970. The lowest BCUT2D eigenvalue weighted by Gasteiger charge is -2.29. The number of thiazole rings is 1. The number of hydrogen-bond acceptors (Lipinski definition) is 4. The van der Waals surface area contributed by atoms with E-state index in [0.29, 0.717) is 6.04 Å². The number of hydrogen-bond donors (Lipinski definition) is 1. The van der Waals surface area contributed by atoms with Gasteiger partial charge in [-0.15, -0.1) is 11.3 Å². The summed E-state index contributed by atoms with van der Waals surface area (Å²) in [5.41, 5.74) is 1.14. The summed E-state index contributed by atoms with van der Waals surface area (Å²) in [5, 5.41) is 4.88. The molecule has 3 nitrogen and oxygen atoms in total. The van der Waals surface area contributed by atoms with Crippen molar-refractivity contribution in [3.63, 3.8) is 0 Å². The summed E-state index contributed by atoms with van der Waals surface area (Å²) < 4.78 is 1.30. The zero-order valence-corrected chi connectivity index (χ0v) is 13.0. The first-order valence-corrected chi connectivity index (χ1v) is 8.47. The van der Waals surface area contributed by atoms with Gasteiger partial charge in [0, 0.05) is 12.6 Å². The highest BCUT2D eigenvalue weighted by Gasteiger charge is 2.16. The van der Waals surface area contributed by atoms with Crippen LogP contribution < -0.4 is 5.32 Å². The summed E-state index contributed by atoms with van der Waals surface area (Å²) in [5.74, 6) is 0. The molecule has 3 rings (SSSR count). The molecule has 1 N–H and O–H groups in total. The first-order chi connectivity index (χ1) is 9.85. The van der Waals surface area contributed by atoms with Crippen molar-refractivity contribution in [1.29, 1.82) is 0 Å². The number of benzene rings is 1. The highest BCUT2D eigenvalue weighted by molar-refractivity contribution is 7.18. The number of piperidine rings is 1. The Morgan fingerprint density at radius 2 is 2.25 bits per heavy atom. The van der Waals surface area contributed by atoms with Gasteiger partial charge in [0.15, 0.2) is 0 Å². The predicted molar refractivity (Wildman–Crippen MR) is 86.2 cm³/mol. The molecular weight excluding hydrogens is 266 g/mol. The normalized spacial score (nSPS) is 19.8. The number of fused-ring (bicyclic) bond motifs is 1. The molecule has 108 valence electrons. The zero-order chi connectivity index (χ0) is 13.8. The van der Waals surface area contributed by atoms with Crippen molar-refractivity contribution in [1.82, 2.24) is 15.2 Å². The van der Waals surface area contributed by atoms with E-state index < -0.39 is 0 Å². The number of nitrogens with zero attached hydrogens (tertiary/aromatic N) is 2. The van der Waals surface area contributed by atoms with Crippen molar-refractivity contribution in [3.8, 4) is 0 Å². The van der Waals surface area contributed by atoms with Crippen molar-refractivity contribution < 1.29 is 0 Å². The molecule has 1 aromatic heterocycles. The predicted octanol–water partition coefficient (Wildman–Crippen LogP) is 3.26. The van der Waals surface area contributed by atoms with Gasteiger partial charge in [-0.1, -0.05) is 25.5 Å². The molecule has 0 aliphatic carbocycles. The van der Waals surface area contributed by atoms with Crippen LogP contribution in [0.2, 0.25) is 0 Å². The van der Waals surface area contributed by atoms with E-state index in [2.05, 4.69) is 41.4 Å². The van der Waals surface area contributed by atoms with Crippen LogP contribution in [0.1, 0.15) is 31.2 Å². The number of nitrogens with one attached hydrogen (secondary N) is 1. The molecule has 20 heavy (non-hydrogen) atoms. The molecule has 0 saturated carbocycles. The molecule has 4 heteroatoms. The molecule has 1 unspecified atom stereocenters. The molecule has 0 amide bonds.